The number of nitrogens with zero attached hydrogens (tertiary/aromatic N) is 1. The molecule has 0 radical (unpaired) electrons. The molecule has 0 saturated heterocycles. The Bertz CT molecular complexity index is 2770. The summed E-state index contributed by atoms with van der Waals surface area (Å²) in [6.07, 6.45) is 0. The van der Waals surface area contributed by atoms with E-state index in [1.165, 1.54) is 81.1 Å². The van der Waals surface area contributed by atoms with Gasteiger partial charge in [0.15, 0.2) is 0 Å². The van der Waals surface area contributed by atoms with Gasteiger partial charge in [0, 0.05) is 42.3 Å². The van der Waals surface area contributed by atoms with Crippen LogP contribution in [0.2, 0.25) is 0 Å². The molecule has 0 fully saturated rings. The molecule has 0 unspecified atom stereocenters. The summed E-state index contributed by atoms with van der Waals surface area (Å²) in [5.41, 5.74) is 13.8. The Labute approximate surface area is 302 Å². The Morgan fingerprint density at radius 1 is 0.431 bits per heavy atom. The Kier molecular flexibility index (Phi) is 6.78. The van der Waals surface area contributed by atoms with Gasteiger partial charge in [0.2, 0.25) is 0 Å². The summed E-state index contributed by atoms with van der Waals surface area (Å²) >= 11 is 1.87. The monoisotopic (exact) mass is 669 g/mol. The van der Waals surface area contributed by atoms with Crippen LogP contribution in [-0.2, 0) is 5.41 Å². The van der Waals surface area contributed by atoms with E-state index in [0.29, 0.717) is 0 Å². The van der Waals surface area contributed by atoms with Gasteiger partial charge in [-0.15, -0.1) is 11.3 Å². The van der Waals surface area contributed by atoms with Crippen molar-refractivity contribution in [3.8, 4) is 33.4 Å². The molecule has 0 saturated carbocycles. The molecule has 0 bridgehead atoms. The minimum Gasteiger partial charge on any atom is -0.310 e. The van der Waals surface area contributed by atoms with Crippen LogP contribution < -0.4 is 4.90 Å². The maximum atomic E-state index is 2.46. The van der Waals surface area contributed by atoms with Gasteiger partial charge in [-0.1, -0.05) is 147 Å². The van der Waals surface area contributed by atoms with Crippen LogP contribution in [0.4, 0.5) is 17.1 Å². The van der Waals surface area contributed by atoms with Gasteiger partial charge in [-0.25, -0.2) is 0 Å². The molecular weight excluding hydrogens is 635 g/mol. The number of fused-ring (bicyclic) bond motifs is 7. The van der Waals surface area contributed by atoms with Crippen LogP contribution in [0.25, 0.3) is 64.3 Å². The van der Waals surface area contributed by atoms with Gasteiger partial charge in [-0.2, -0.15) is 0 Å². The van der Waals surface area contributed by atoms with Crippen molar-refractivity contribution in [2.75, 3.05) is 4.90 Å². The van der Waals surface area contributed by atoms with Crippen molar-refractivity contribution in [3.05, 3.63) is 187 Å². The van der Waals surface area contributed by atoms with E-state index >= 15 is 0 Å². The van der Waals surface area contributed by atoms with Gasteiger partial charge in [0.1, 0.15) is 0 Å². The van der Waals surface area contributed by atoms with Gasteiger partial charge < -0.3 is 4.90 Å². The van der Waals surface area contributed by atoms with Crippen LogP contribution in [0, 0.1) is 0 Å². The van der Waals surface area contributed by atoms with Crippen LogP contribution in [0.15, 0.2) is 176 Å². The lowest BCUT2D eigenvalue weighted by atomic mass is 9.81. The van der Waals surface area contributed by atoms with E-state index in [4.69, 9.17) is 0 Å². The molecule has 1 heterocycles. The SMILES string of the molecule is CC1(C)c2ccccc2-c2ccc(-c3cccc4cccc(N(c5ccc(-c6ccccc6)cc5)c5ccc6c(c5)sc5ccccc56)c34)cc21. The first kappa shape index (κ1) is 29.9. The van der Waals surface area contributed by atoms with E-state index < -0.39 is 0 Å². The Hall–Kier alpha value is -5.96. The first-order valence-corrected chi connectivity index (χ1v) is 18.5. The average molecular weight is 670 g/mol. The Morgan fingerprint density at radius 2 is 1.08 bits per heavy atom. The zero-order valence-electron chi connectivity index (χ0n) is 28.6. The second-order valence-electron chi connectivity index (χ2n) is 14.1. The lowest BCUT2D eigenvalue weighted by molar-refractivity contribution is 0.660. The van der Waals surface area contributed by atoms with Crippen molar-refractivity contribution in [3.63, 3.8) is 0 Å². The minimum atomic E-state index is -0.0679. The normalized spacial score (nSPS) is 13.1. The largest absolute Gasteiger partial charge is 0.310 e. The first-order chi connectivity index (χ1) is 25.0. The molecule has 0 atom stereocenters. The summed E-state index contributed by atoms with van der Waals surface area (Å²) in [7, 11) is 0. The highest BCUT2D eigenvalue weighted by Crippen LogP contribution is 2.51. The summed E-state index contributed by atoms with van der Waals surface area (Å²) in [6.45, 7) is 4.72. The molecule has 51 heavy (non-hydrogen) atoms. The quantitative estimate of drug-likeness (QED) is 0.176. The van der Waals surface area contributed by atoms with Crippen LogP contribution >= 0.6 is 11.3 Å². The number of thiophene rings is 1. The average Bonchev–Trinajstić information content (AvgIpc) is 3.66. The lowest BCUT2D eigenvalue weighted by Gasteiger charge is -2.28. The molecule has 0 spiro atoms. The van der Waals surface area contributed by atoms with E-state index in [0.717, 1.165) is 11.4 Å². The fraction of sp³-hybridized carbons (Fsp3) is 0.0612. The standard InChI is InChI=1S/C49H35NS/c1-49(2)43-19-8-6-16-39(43)40-28-24-35(30-44(40)49)38-18-10-14-34-15-11-20-45(48(34)38)50(36-25-22-33(23-26-36)32-12-4-3-5-13-32)37-27-29-42-41-17-7-9-21-46(41)51-47(42)31-37/h3-31H,1-2H3. The molecule has 1 aliphatic rings. The van der Waals surface area contributed by atoms with Crippen LogP contribution in [-0.4, -0.2) is 0 Å². The summed E-state index contributed by atoms with van der Waals surface area (Å²) in [6, 6.07) is 64.9. The summed E-state index contributed by atoms with van der Waals surface area (Å²) in [4.78, 5) is 2.46. The van der Waals surface area contributed by atoms with Crippen molar-refractivity contribution < 1.29 is 0 Å². The number of hydrogen-bond donors (Lipinski definition) is 0. The van der Waals surface area contributed by atoms with E-state index in [-0.39, 0.29) is 5.41 Å². The van der Waals surface area contributed by atoms with Gasteiger partial charge in [-0.3, -0.25) is 0 Å². The second kappa shape index (κ2) is 11.6. The highest BCUT2D eigenvalue weighted by Gasteiger charge is 2.35. The lowest BCUT2D eigenvalue weighted by Crippen LogP contribution is -2.15. The third-order valence-corrected chi connectivity index (χ3v) is 12.0. The molecule has 10 rings (SSSR count). The number of anilines is 3. The highest BCUT2D eigenvalue weighted by atomic mass is 32.1. The topological polar surface area (TPSA) is 3.24 Å². The molecule has 242 valence electrons. The minimum absolute atomic E-state index is 0.0679. The molecule has 8 aromatic carbocycles. The molecule has 1 nitrogen and oxygen atoms in total. The van der Waals surface area contributed by atoms with Crippen molar-refractivity contribution in [2.45, 2.75) is 19.3 Å². The molecule has 9 aromatic rings. The molecule has 0 aliphatic heterocycles. The fourth-order valence-electron chi connectivity index (χ4n) is 8.33. The summed E-state index contributed by atoms with van der Waals surface area (Å²) in [5, 5.41) is 5.09. The zero-order valence-corrected chi connectivity index (χ0v) is 29.4. The fourth-order valence-corrected chi connectivity index (χ4v) is 9.47. The van der Waals surface area contributed by atoms with Crippen LogP contribution in [0.1, 0.15) is 25.0 Å². The van der Waals surface area contributed by atoms with Crippen LogP contribution in [0.5, 0.6) is 0 Å². The van der Waals surface area contributed by atoms with Crippen LogP contribution in [0.3, 0.4) is 0 Å². The van der Waals surface area contributed by atoms with Gasteiger partial charge in [0.25, 0.3) is 0 Å². The number of hydrogen-bond acceptors (Lipinski definition) is 2. The maximum absolute atomic E-state index is 2.46. The Balaban J connectivity index is 1.19. The van der Waals surface area contributed by atoms with E-state index in [1.807, 2.05) is 11.3 Å². The molecule has 1 aromatic heterocycles. The van der Waals surface area contributed by atoms with Gasteiger partial charge in [0.05, 0.1) is 5.69 Å². The maximum Gasteiger partial charge on any atom is 0.0546 e. The third kappa shape index (κ3) is 4.75. The van der Waals surface area contributed by atoms with Crippen molar-refractivity contribution >= 4 is 59.3 Å². The smallest absolute Gasteiger partial charge is 0.0546 e. The number of rotatable bonds is 5. The molecular formula is C49H35NS. The van der Waals surface area contributed by atoms with Gasteiger partial charge >= 0.3 is 0 Å². The van der Waals surface area contributed by atoms with E-state index in [9.17, 15) is 0 Å². The van der Waals surface area contributed by atoms with Gasteiger partial charge in [-0.05, 0) is 92.4 Å². The van der Waals surface area contributed by atoms with E-state index in [1.54, 1.807) is 0 Å². The van der Waals surface area contributed by atoms with Crippen molar-refractivity contribution in [1.29, 1.82) is 0 Å². The molecule has 1 aliphatic carbocycles. The van der Waals surface area contributed by atoms with Crippen molar-refractivity contribution in [2.24, 2.45) is 0 Å². The second-order valence-corrected chi connectivity index (χ2v) is 15.2. The highest BCUT2D eigenvalue weighted by molar-refractivity contribution is 7.25. The molecule has 0 amide bonds. The summed E-state index contributed by atoms with van der Waals surface area (Å²) < 4.78 is 2.61. The molecule has 0 N–H and O–H groups in total. The first-order valence-electron chi connectivity index (χ1n) is 17.7. The zero-order chi connectivity index (χ0) is 34.1. The number of benzene rings is 8. The van der Waals surface area contributed by atoms with Crippen molar-refractivity contribution in [1.82, 2.24) is 0 Å². The summed E-state index contributed by atoms with van der Waals surface area (Å²) in [5.74, 6) is 0. The predicted octanol–water partition coefficient (Wildman–Crippen LogP) is 14.3. The third-order valence-electron chi connectivity index (χ3n) is 10.9. The predicted molar refractivity (Wildman–Crippen MR) is 220 cm³/mol. The molecule has 2 heteroatoms. The Morgan fingerprint density at radius 3 is 1.94 bits per heavy atom. The van der Waals surface area contributed by atoms with E-state index in [2.05, 4.69) is 195 Å².